The molecule has 0 heterocycles. The molecule has 1 nitrogen and oxygen atoms in total. The van der Waals surface area contributed by atoms with E-state index in [0.717, 1.165) is 12.8 Å². The molecule has 1 rings (SSSR count). The van der Waals surface area contributed by atoms with Crippen molar-refractivity contribution in [3.8, 4) is 0 Å². The smallest absolute Gasteiger partial charge is 0.00136 e. The molecule has 0 bridgehead atoms. The summed E-state index contributed by atoms with van der Waals surface area (Å²) < 4.78 is 0. The molecule has 84 valence electrons. The van der Waals surface area contributed by atoms with Gasteiger partial charge in [0.2, 0.25) is 0 Å². The van der Waals surface area contributed by atoms with E-state index in [2.05, 4.69) is 52.0 Å². The Kier molecular flexibility index (Phi) is 3.92. The first-order valence-corrected chi connectivity index (χ1v) is 5.74. The Balaban J connectivity index is 2.75. The molecule has 0 aromatic heterocycles. The van der Waals surface area contributed by atoms with E-state index in [4.69, 9.17) is 5.73 Å². The second kappa shape index (κ2) is 4.80. The van der Waals surface area contributed by atoms with Crippen molar-refractivity contribution in [1.29, 1.82) is 0 Å². The van der Waals surface area contributed by atoms with Crippen molar-refractivity contribution in [1.82, 2.24) is 0 Å². The second-order valence-electron chi connectivity index (χ2n) is 5.47. The van der Waals surface area contributed by atoms with E-state index in [1.807, 2.05) is 0 Å². The van der Waals surface area contributed by atoms with Crippen molar-refractivity contribution in [2.45, 2.75) is 52.0 Å². The molecule has 1 unspecified atom stereocenters. The highest BCUT2D eigenvalue weighted by Crippen LogP contribution is 2.23. The van der Waals surface area contributed by atoms with Gasteiger partial charge in [0.05, 0.1) is 0 Å². The van der Waals surface area contributed by atoms with E-state index in [9.17, 15) is 0 Å². The molecule has 0 amide bonds. The van der Waals surface area contributed by atoms with Crippen LogP contribution in [0.4, 0.5) is 0 Å². The van der Waals surface area contributed by atoms with E-state index < -0.39 is 0 Å². The van der Waals surface area contributed by atoms with Crippen molar-refractivity contribution < 1.29 is 0 Å². The van der Waals surface area contributed by atoms with E-state index >= 15 is 0 Å². The average molecular weight is 205 g/mol. The minimum atomic E-state index is 0.240. The topological polar surface area (TPSA) is 26.0 Å². The predicted molar refractivity (Wildman–Crippen MR) is 67.1 cm³/mol. The van der Waals surface area contributed by atoms with Crippen LogP contribution in [0.15, 0.2) is 24.3 Å². The van der Waals surface area contributed by atoms with Crippen LogP contribution < -0.4 is 5.73 Å². The second-order valence-corrected chi connectivity index (χ2v) is 5.47. The lowest BCUT2D eigenvalue weighted by Crippen LogP contribution is -2.16. The molecule has 0 radical (unpaired) electrons. The molecular weight excluding hydrogens is 182 g/mol. The van der Waals surface area contributed by atoms with Crippen LogP contribution in [0.5, 0.6) is 0 Å². The van der Waals surface area contributed by atoms with Gasteiger partial charge in [-0.25, -0.2) is 0 Å². The summed E-state index contributed by atoms with van der Waals surface area (Å²) >= 11 is 0. The first-order valence-electron chi connectivity index (χ1n) is 5.74. The Hall–Kier alpha value is -0.820. The van der Waals surface area contributed by atoms with Gasteiger partial charge in [-0.2, -0.15) is 0 Å². The summed E-state index contributed by atoms with van der Waals surface area (Å²) in [6, 6.07) is 9.15. The third kappa shape index (κ3) is 4.05. The number of hydrogen-bond donors (Lipinski definition) is 1. The molecule has 0 saturated carbocycles. The first-order chi connectivity index (χ1) is 6.89. The molecule has 1 atom stereocenters. The van der Waals surface area contributed by atoms with E-state index in [-0.39, 0.29) is 5.41 Å². The molecule has 15 heavy (non-hydrogen) atoms. The largest absolute Gasteiger partial charge is 0.328 e. The van der Waals surface area contributed by atoms with Crippen molar-refractivity contribution >= 4 is 0 Å². The van der Waals surface area contributed by atoms with Gasteiger partial charge in [0.15, 0.2) is 0 Å². The van der Waals surface area contributed by atoms with Crippen molar-refractivity contribution in [3.05, 3.63) is 35.4 Å². The molecule has 2 N–H and O–H groups in total. The standard InChI is InChI=1S/C14H23N/c1-11(15)8-9-12-6-5-7-13(10-12)14(2,3)4/h5-7,10-11H,8-9,15H2,1-4H3. The number of aryl methyl sites for hydroxylation is 1. The first kappa shape index (κ1) is 12.3. The zero-order valence-electron chi connectivity index (χ0n) is 10.4. The minimum Gasteiger partial charge on any atom is -0.328 e. The Morgan fingerprint density at radius 1 is 1.27 bits per heavy atom. The zero-order chi connectivity index (χ0) is 11.5. The fraction of sp³-hybridized carbons (Fsp3) is 0.571. The average Bonchev–Trinajstić information content (AvgIpc) is 2.14. The lowest BCUT2D eigenvalue weighted by Gasteiger charge is -2.19. The zero-order valence-corrected chi connectivity index (χ0v) is 10.4. The van der Waals surface area contributed by atoms with Gasteiger partial charge < -0.3 is 5.73 Å². The Morgan fingerprint density at radius 2 is 1.93 bits per heavy atom. The molecule has 1 aromatic carbocycles. The molecule has 1 heteroatoms. The molecule has 0 fully saturated rings. The third-order valence-corrected chi connectivity index (χ3v) is 2.68. The summed E-state index contributed by atoms with van der Waals surface area (Å²) in [5.41, 5.74) is 8.81. The Bertz CT molecular complexity index is 307. The van der Waals surface area contributed by atoms with Crippen LogP contribution in [-0.4, -0.2) is 6.04 Å². The van der Waals surface area contributed by atoms with Gasteiger partial charge in [-0.3, -0.25) is 0 Å². The highest BCUT2D eigenvalue weighted by Gasteiger charge is 2.13. The molecule has 0 saturated heterocycles. The fourth-order valence-corrected chi connectivity index (χ4v) is 1.59. The fourth-order valence-electron chi connectivity index (χ4n) is 1.59. The molecule has 1 aromatic rings. The van der Waals surface area contributed by atoms with Gasteiger partial charge in [0.1, 0.15) is 0 Å². The number of hydrogen-bond acceptors (Lipinski definition) is 1. The van der Waals surface area contributed by atoms with Crippen LogP contribution in [0.1, 0.15) is 45.2 Å². The van der Waals surface area contributed by atoms with E-state index in [0.29, 0.717) is 6.04 Å². The van der Waals surface area contributed by atoms with Crippen LogP contribution in [-0.2, 0) is 11.8 Å². The normalized spacial score (nSPS) is 13.9. The molecule has 0 aliphatic heterocycles. The lowest BCUT2D eigenvalue weighted by molar-refractivity contribution is 0.588. The molecule has 0 spiro atoms. The van der Waals surface area contributed by atoms with Gasteiger partial charge in [0.25, 0.3) is 0 Å². The van der Waals surface area contributed by atoms with E-state index in [1.165, 1.54) is 11.1 Å². The Morgan fingerprint density at radius 3 is 2.47 bits per heavy atom. The number of benzene rings is 1. The molecular formula is C14H23N. The van der Waals surface area contributed by atoms with Crippen molar-refractivity contribution in [2.75, 3.05) is 0 Å². The van der Waals surface area contributed by atoms with Crippen LogP contribution >= 0.6 is 0 Å². The number of rotatable bonds is 3. The minimum absolute atomic E-state index is 0.240. The van der Waals surface area contributed by atoms with Crippen LogP contribution in [0.25, 0.3) is 0 Å². The summed E-state index contributed by atoms with van der Waals surface area (Å²) in [5, 5.41) is 0. The molecule has 0 aliphatic carbocycles. The molecule has 0 aliphatic rings. The maximum atomic E-state index is 5.76. The summed E-state index contributed by atoms with van der Waals surface area (Å²) in [4.78, 5) is 0. The summed E-state index contributed by atoms with van der Waals surface area (Å²) in [7, 11) is 0. The quantitative estimate of drug-likeness (QED) is 0.805. The van der Waals surface area contributed by atoms with Gasteiger partial charge in [0, 0.05) is 6.04 Å². The van der Waals surface area contributed by atoms with E-state index in [1.54, 1.807) is 0 Å². The van der Waals surface area contributed by atoms with Crippen molar-refractivity contribution in [3.63, 3.8) is 0 Å². The lowest BCUT2D eigenvalue weighted by atomic mass is 9.86. The summed E-state index contributed by atoms with van der Waals surface area (Å²) in [6.07, 6.45) is 2.15. The maximum absolute atomic E-state index is 5.76. The van der Waals surface area contributed by atoms with Crippen LogP contribution in [0.2, 0.25) is 0 Å². The van der Waals surface area contributed by atoms with Gasteiger partial charge >= 0.3 is 0 Å². The van der Waals surface area contributed by atoms with Crippen LogP contribution in [0, 0.1) is 0 Å². The maximum Gasteiger partial charge on any atom is 0.00136 e. The van der Waals surface area contributed by atoms with Gasteiger partial charge in [-0.15, -0.1) is 0 Å². The third-order valence-electron chi connectivity index (χ3n) is 2.68. The van der Waals surface area contributed by atoms with Gasteiger partial charge in [-0.1, -0.05) is 45.0 Å². The predicted octanol–water partition coefficient (Wildman–Crippen LogP) is 3.26. The highest BCUT2D eigenvalue weighted by atomic mass is 14.6. The van der Waals surface area contributed by atoms with Gasteiger partial charge in [-0.05, 0) is 36.3 Å². The van der Waals surface area contributed by atoms with Crippen molar-refractivity contribution in [2.24, 2.45) is 5.73 Å². The number of nitrogens with two attached hydrogens (primary N) is 1. The summed E-state index contributed by atoms with van der Waals surface area (Å²) in [5.74, 6) is 0. The Labute approximate surface area is 93.7 Å². The monoisotopic (exact) mass is 205 g/mol. The highest BCUT2D eigenvalue weighted by molar-refractivity contribution is 5.28. The summed E-state index contributed by atoms with van der Waals surface area (Å²) in [6.45, 7) is 8.81. The SMILES string of the molecule is CC(N)CCc1cccc(C(C)(C)C)c1. The van der Waals surface area contributed by atoms with Crippen LogP contribution in [0.3, 0.4) is 0 Å².